The van der Waals surface area contributed by atoms with Gasteiger partial charge in [-0.15, -0.1) is 0 Å². The minimum Gasteiger partial charge on any atom is -0.372 e. The number of nitriles is 2. The van der Waals surface area contributed by atoms with Crippen LogP contribution in [0, 0.1) is 29.6 Å². The minimum absolute atomic E-state index is 0.479. The van der Waals surface area contributed by atoms with Gasteiger partial charge in [-0.2, -0.15) is 10.5 Å². The molecule has 0 saturated carbocycles. The summed E-state index contributed by atoms with van der Waals surface area (Å²) < 4.78 is 0. The first-order chi connectivity index (χ1) is 11.2. The molecule has 0 aliphatic carbocycles. The third-order valence-corrected chi connectivity index (χ3v) is 4.25. The Hall–Kier alpha value is -2.98. The lowest BCUT2D eigenvalue weighted by atomic mass is 10.1. The molecule has 4 heteroatoms. The van der Waals surface area contributed by atoms with Gasteiger partial charge in [0.2, 0.25) is 0 Å². The molecule has 2 aromatic rings. The third-order valence-electron chi connectivity index (χ3n) is 4.25. The van der Waals surface area contributed by atoms with Gasteiger partial charge in [0.15, 0.2) is 0 Å². The molecule has 1 aliphatic heterocycles. The molecule has 0 amide bonds. The molecular formula is C19H18N4. The summed E-state index contributed by atoms with van der Waals surface area (Å²) in [6, 6.07) is 15.7. The van der Waals surface area contributed by atoms with Gasteiger partial charge in [-0.05, 0) is 55.7 Å². The molecule has 1 saturated heterocycles. The minimum atomic E-state index is 0.479. The molecule has 0 unspecified atom stereocenters. The average Bonchev–Trinajstić information content (AvgIpc) is 3.11. The van der Waals surface area contributed by atoms with Crippen molar-refractivity contribution in [3.8, 4) is 12.1 Å². The van der Waals surface area contributed by atoms with E-state index in [0.29, 0.717) is 16.8 Å². The van der Waals surface area contributed by atoms with Crippen LogP contribution in [-0.4, -0.2) is 13.1 Å². The molecule has 3 rings (SSSR count). The van der Waals surface area contributed by atoms with Crippen LogP contribution < -0.4 is 10.2 Å². The molecule has 0 spiro atoms. The first kappa shape index (κ1) is 14.9. The van der Waals surface area contributed by atoms with Crippen molar-refractivity contribution in [1.29, 1.82) is 10.5 Å². The maximum Gasteiger partial charge on any atom is 0.101 e. The summed E-state index contributed by atoms with van der Waals surface area (Å²) in [7, 11) is 0. The van der Waals surface area contributed by atoms with Crippen molar-refractivity contribution in [3.05, 3.63) is 53.1 Å². The summed E-state index contributed by atoms with van der Waals surface area (Å²) >= 11 is 0. The fraction of sp³-hybridized carbons (Fsp3) is 0.263. The maximum atomic E-state index is 9.27. The van der Waals surface area contributed by atoms with E-state index >= 15 is 0 Å². The zero-order chi connectivity index (χ0) is 16.2. The predicted molar refractivity (Wildman–Crippen MR) is 91.8 cm³/mol. The number of hydrogen-bond acceptors (Lipinski definition) is 4. The Morgan fingerprint density at radius 2 is 1.65 bits per heavy atom. The van der Waals surface area contributed by atoms with Crippen LogP contribution in [0.3, 0.4) is 0 Å². The highest BCUT2D eigenvalue weighted by atomic mass is 15.1. The summed E-state index contributed by atoms with van der Waals surface area (Å²) in [5.74, 6) is 0. The lowest BCUT2D eigenvalue weighted by Gasteiger charge is -2.20. The Morgan fingerprint density at radius 3 is 2.22 bits per heavy atom. The zero-order valence-corrected chi connectivity index (χ0v) is 13.1. The van der Waals surface area contributed by atoms with Crippen LogP contribution in [0.2, 0.25) is 0 Å². The van der Waals surface area contributed by atoms with Crippen LogP contribution in [0.5, 0.6) is 0 Å². The van der Waals surface area contributed by atoms with Crippen molar-refractivity contribution < 1.29 is 0 Å². The quantitative estimate of drug-likeness (QED) is 0.928. The third kappa shape index (κ3) is 2.98. The van der Waals surface area contributed by atoms with Crippen molar-refractivity contribution in [1.82, 2.24) is 0 Å². The molecule has 1 aliphatic rings. The SMILES string of the molecule is Cc1cc(N2CCCC2)ccc1Nc1c(C#N)cccc1C#N. The Labute approximate surface area is 136 Å². The number of nitrogens with zero attached hydrogens (tertiary/aromatic N) is 3. The van der Waals surface area contributed by atoms with Crippen molar-refractivity contribution >= 4 is 17.1 Å². The van der Waals surface area contributed by atoms with E-state index in [1.807, 2.05) is 13.0 Å². The highest BCUT2D eigenvalue weighted by molar-refractivity contribution is 5.75. The summed E-state index contributed by atoms with van der Waals surface area (Å²) in [5.41, 5.74) is 4.80. The van der Waals surface area contributed by atoms with E-state index in [2.05, 4.69) is 34.5 Å². The first-order valence-electron chi connectivity index (χ1n) is 7.79. The number of nitrogens with one attached hydrogen (secondary N) is 1. The predicted octanol–water partition coefficient (Wildman–Crippen LogP) is 4.08. The van der Waals surface area contributed by atoms with E-state index < -0.39 is 0 Å². The van der Waals surface area contributed by atoms with Crippen LogP contribution in [0.15, 0.2) is 36.4 Å². The molecule has 1 fully saturated rings. The van der Waals surface area contributed by atoms with E-state index in [9.17, 15) is 10.5 Å². The second-order valence-corrected chi connectivity index (χ2v) is 5.77. The fourth-order valence-electron chi connectivity index (χ4n) is 2.97. The highest BCUT2D eigenvalue weighted by Gasteiger charge is 2.14. The molecule has 0 aromatic heterocycles. The van der Waals surface area contributed by atoms with Gasteiger partial charge >= 0.3 is 0 Å². The van der Waals surface area contributed by atoms with E-state index in [4.69, 9.17) is 0 Å². The van der Waals surface area contributed by atoms with E-state index in [-0.39, 0.29) is 0 Å². The molecule has 1 N–H and O–H groups in total. The van der Waals surface area contributed by atoms with Crippen molar-refractivity contribution in [2.75, 3.05) is 23.3 Å². The van der Waals surface area contributed by atoms with Crippen molar-refractivity contribution in [2.24, 2.45) is 0 Å². The Balaban J connectivity index is 1.92. The molecule has 114 valence electrons. The Morgan fingerprint density at radius 1 is 1.00 bits per heavy atom. The van der Waals surface area contributed by atoms with Crippen molar-refractivity contribution in [2.45, 2.75) is 19.8 Å². The number of aryl methyl sites for hydroxylation is 1. The standard InChI is InChI=1S/C19H18N4/c1-14-11-17(23-9-2-3-10-23)7-8-18(14)22-19-15(12-20)5-4-6-16(19)13-21/h4-8,11,22H,2-3,9-10H2,1H3. The summed E-state index contributed by atoms with van der Waals surface area (Å²) in [4.78, 5) is 2.39. The molecule has 1 heterocycles. The second kappa shape index (κ2) is 6.42. The van der Waals surface area contributed by atoms with E-state index in [0.717, 1.165) is 24.3 Å². The molecular weight excluding hydrogens is 284 g/mol. The van der Waals surface area contributed by atoms with Crippen LogP contribution in [0.4, 0.5) is 17.1 Å². The van der Waals surface area contributed by atoms with Gasteiger partial charge in [0.25, 0.3) is 0 Å². The molecule has 4 nitrogen and oxygen atoms in total. The van der Waals surface area contributed by atoms with Crippen LogP contribution in [-0.2, 0) is 0 Å². The van der Waals surface area contributed by atoms with Gasteiger partial charge < -0.3 is 10.2 Å². The molecule has 23 heavy (non-hydrogen) atoms. The topological polar surface area (TPSA) is 62.9 Å². The van der Waals surface area contributed by atoms with E-state index in [1.54, 1.807) is 18.2 Å². The van der Waals surface area contributed by atoms with Crippen LogP contribution in [0.1, 0.15) is 29.5 Å². The summed E-state index contributed by atoms with van der Waals surface area (Å²) in [5, 5.41) is 21.8. The number of para-hydroxylation sites is 1. The maximum absolute atomic E-state index is 9.27. The number of rotatable bonds is 3. The average molecular weight is 302 g/mol. The van der Waals surface area contributed by atoms with Gasteiger partial charge in [0, 0.05) is 24.5 Å². The van der Waals surface area contributed by atoms with Gasteiger partial charge in [-0.25, -0.2) is 0 Å². The number of benzene rings is 2. The smallest absolute Gasteiger partial charge is 0.101 e. The monoisotopic (exact) mass is 302 g/mol. The van der Waals surface area contributed by atoms with Gasteiger partial charge in [-0.3, -0.25) is 0 Å². The summed E-state index contributed by atoms with van der Waals surface area (Å²) in [6.07, 6.45) is 2.50. The van der Waals surface area contributed by atoms with Crippen LogP contribution >= 0.6 is 0 Å². The Kier molecular flexibility index (Phi) is 4.17. The van der Waals surface area contributed by atoms with Gasteiger partial charge in [0.05, 0.1) is 16.8 Å². The molecule has 0 atom stereocenters. The number of hydrogen-bond donors (Lipinski definition) is 1. The lowest BCUT2D eigenvalue weighted by Crippen LogP contribution is -2.17. The van der Waals surface area contributed by atoms with Gasteiger partial charge in [-0.1, -0.05) is 6.07 Å². The summed E-state index contributed by atoms with van der Waals surface area (Å²) in [6.45, 7) is 4.27. The molecule has 0 bridgehead atoms. The van der Waals surface area contributed by atoms with E-state index in [1.165, 1.54) is 18.5 Å². The fourth-order valence-corrected chi connectivity index (χ4v) is 2.97. The normalized spacial score (nSPS) is 13.4. The molecule has 0 radical (unpaired) electrons. The molecule has 2 aromatic carbocycles. The van der Waals surface area contributed by atoms with Crippen LogP contribution in [0.25, 0.3) is 0 Å². The lowest BCUT2D eigenvalue weighted by molar-refractivity contribution is 0.949. The zero-order valence-electron chi connectivity index (χ0n) is 13.1. The first-order valence-corrected chi connectivity index (χ1v) is 7.79. The Bertz CT molecular complexity index is 773. The van der Waals surface area contributed by atoms with Crippen molar-refractivity contribution in [3.63, 3.8) is 0 Å². The number of anilines is 3. The highest BCUT2D eigenvalue weighted by Crippen LogP contribution is 2.30. The largest absolute Gasteiger partial charge is 0.372 e. The second-order valence-electron chi connectivity index (χ2n) is 5.77. The van der Waals surface area contributed by atoms with Gasteiger partial charge in [0.1, 0.15) is 12.1 Å².